The van der Waals surface area contributed by atoms with Gasteiger partial charge in [0.2, 0.25) is 0 Å². The number of thiophene rings is 1. The fraction of sp³-hybridized carbons (Fsp3) is 0.333. The Bertz CT molecular complexity index is 828. The molecular weight excluding hydrogens is 390 g/mol. The van der Waals surface area contributed by atoms with E-state index in [1.165, 1.54) is 11.3 Å². The Morgan fingerprint density at radius 2 is 1.97 bits per heavy atom. The second-order valence-electron chi connectivity index (χ2n) is 6.47. The van der Waals surface area contributed by atoms with Gasteiger partial charge in [-0.15, -0.1) is 11.3 Å². The van der Waals surface area contributed by atoms with Crippen molar-refractivity contribution < 1.29 is 19.1 Å². The summed E-state index contributed by atoms with van der Waals surface area (Å²) >= 11 is 1.50. The molecule has 1 saturated heterocycles. The first-order valence-corrected chi connectivity index (χ1v) is 10.3. The van der Waals surface area contributed by atoms with E-state index in [-0.39, 0.29) is 17.5 Å². The number of nitrogens with one attached hydrogen (secondary N) is 2. The normalized spacial score (nSPS) is 15.0. The molecule has 8 heteroatoms. The average Bonchev–Trinajstić information content (AvgIpc) is 3.27. The first-order chi connectivity index (χ1) is 14.2. The molecule has 1 aromatic carbocycles. The minimum absolute atomic E-state index is 0.218. The van der Waals surface area contributed by atoms with Gasteiger partial charge in [0.15, 0.2) is 0 Å². The summed E-state index contributed by atoms with van der Waals surface area (Å²) in [6.07, 6.45) is 1.69. The Kier molecular flexibility index (Phi) is 7.80. The zero-order valence-electron chi connectivity index (χ0n) is 16.3. The van der Waals surface area contributed by atoms with Crippen LogP contribution >= 0.6 is 11.3 Å². The highest BCUT2D eigenvalue weighted by Crippen LogP contribution is 2.14. The molecule has 29 heavy (non-hydrogen) atoms. The molecule has 0 radical (unpaired) electrons. The lowest BCUT2D eigenvalue weighted by Crippen LogP contribution is -2.42. The van der Waals surface area contributed by atoms with Gasteiger partial charge in [-0.1, -0.05) is 6.07 Å². The topological polar surface area (TPSA) is 79.9 Å². The molecule has 0 atom stereocenters. The molecule has 0 bridgehead atoms. The van der Waals surface area contributed by atoms with Gasteiger partial charge >= 0.3 is 0 Å². The number of benzene rings is 1. The van der Waals surface area contributed by atoms with Crippen LogP contribution in [0.2, 0.25) is 0 Å². The minimum Gasteiger partial charge on any atom is -0.497 e. The van der Waals surface area contributed by atoms with E-state index >= 15 is 0 Å². The van der Waals surface area contributed by atoms with Crippen LogP contribution in [0.25, 0.3) is 6.08 Å². The van der Waals surface area contributed by atoms with E-state index in [0.717, 1.165) is 37.7 Å². The average molecular weight is 416 g/mol. The number of amides is 2. The molecule has 2 aromatic rings. The second kappa shape index (κ2) is 10.8. The van der Waals surface area contributed by atoms with Crippen molar-refractivity contribution in [1.82, 2.24) is 15.5 Å². The van der Waals surface area contributed by atoms with Crippen LogP contribution in [0.15, 0.2) is 47.5 Å². The summed E-state index contributed by atoms with van der Waals surface area (Å²) in [7, 11) is 1.57. The maximum Gasteiger partial charge on any atom is 0.267 e. The number of carbonyl (C=O) groups is 2. The molecule has 2 amide bonds. The van der Waals surface area contributed by atoms with Gasteiger partial charge in [-0.2, -0.15) is 0 Å². The minimum atomic E-state index is -0.348. The molecule has 154 valence electrons. The summed E-state index contributed by atoms with van der Waals surface area (Å²) in [6.45, 7) is 4.40. The molecule has 2 N–H and O–H groups in total. The number of ether oxygens (including phenoxy) is 2. The van der Waals surface area contributed by atoms with Crippen molar-refractivity contribution in [1.29, 1.82) is 0 Å². The summed E-state index contributed by atoms with van der Waals surface area (Å²) in [6, 6.07) is 10.5. The quantitative estimate of drug-likeness (QED) is 0.645. The fourth-order valence-corrected chi connectivity index (χ4v) is 3.52. The largest absolute Gasteiger partial charge is 0.497 e. The van der Waals surface area contributed by atoms with Gasteiger partial charge in [0, 0.05) is 36.6 Å². The Morgan fingerprint density at radius 3 is 2.62 bits per heavy atom. The fourth-order valence-electron chi connectivity index (χ4n) is 2.86. The number of methoxy groups -OCH3 is 1. The molecule has 0 unspecified atom stereocenters. The highest BCUT2D eigenvalue weighted by molar-refractivity contribution is 7.10. The molecule has 0 spiro atoms. The molecular formula is C21H25N3O4S. The van der Waals surface area contributed by atoms with Crippen molar-refractivity contribution in [2.45, 2.75) is 0 Å². The van der Waals surface area contributed by atoms with Gasteiger partial charge < -0.3 is 20.1 Å². The van der Waals surface area contributed by atoms with Crippen LogP contribution in [-0.4, -0.2) is 63.2 Å². The molecule has 0 aliphatic carbocycles. The molecule has 0 saturated carbocycles. The maximum absolute atomic E-state index is 12.7. The Morgan fingerprint density at radius 1 is 1.21 bits per heavy atom. The van der Waals surface area contributed by atoms with E-state index in [2.05, 4.69) is 15.5 Å². The van der Waals surface area contributed by atoms with Crippen molar-refractivity contribution in [3.05, 3.63) is 57.9 Å². The molecule has 3 rings (SSSR count). The first-order valence-electron chi connectivity index (χ1n) is 9.44. The van der Waals surface area contributed by atoms with E-state index in [9.17, 15) is 9.59 Å². The van der Waals surface area contributed by atoms with E-state index in [1.807, 2.05) is 17.5 Å². The third-order valence-electron chi connectivity index (χ3n) is 4.49. The predicted octanol–water partition coefficient (Wildman–Crippen LogP) is 1.98. The van der Waals surface area contributed by atoms with Gasteiger partial charge in [-0.3, -0.25) is 14.5 Å². The van der Waals surface area contributed by atoms with Crippen molar-refractivity contribution in [3.8, 4) is 5.75 Å². The zero-order chi connectivity index (χ0) is 20.5. The van der Waals surface area contributed by atoms with Gasteiger partial charge in [-0.05, 0) is 41.8 Å². The van der Waals surface area contributed by atoms with Crippen LogP contribution in [0.3, 0.4) is 0 Å². The highest BCUT2D eigenvalue weighted by atomic mass is 32.1. The predicted molar refractivity (Wildman–Crippen MR) is 113 cm³/mol. The maximum atomic E-state index is 12.7. The van der Waals surface area contributed by atoms with Crippen LogP contribution in [0.4, 0.5) is 0 Å². The summed E-state index contributed by atoms with van der Waals surface area (Å²) in [5.41, 5.74) is 0.666. The SMILES string of the molecule is COc1ccc(C(=O)N/C(=C\c2cccs2)C(=O)NCCN2CCOCC2)cc1. The summed E-state index contributed by atoms with van der Waals surface area (Å²) in [4.78, 5) is 28.5. The van der Waals surface area contributed by atoms with E-state index in [0.29, 0.717) is 17.9 Å². The number of nitrogens with zero attached hydrogens (tertiary/aromatic N) is 1. The van der Waals surface area contributed by atoms with Gasteiger partial charge in [0.1, 0.15) is 11.4 Å². The van der Waals surface area contributed by atoms with Crippen molar-refractivity contribution >= 4 is 29.2 Å². The molecule has 1 aliphatic heterocycles. The van der Waals surface area contributed by atoms with Crippen LogP contribution in [-0.2, 0) is 9.53 Å². The third-order valence-corrected chi connectivity index (χ3v) is 5.31. The Labute approximate surface area is 174 Å². The lowest BCUT2D eigenvalue weighted by atomic mass is 10.2. The van der Waals surface area contributed by atoms with E-state index < -0.39 is 0 Å². The second-order valence-corrected chi connectivity index (χ2v) is 7.45. The number of hydrogen-bond donors (Lipinski definition) is 2. The zero-order valence-corrected chi connectivity index (χ0v) is 17.2. The number of morpholine rings is 1. The van der Waals surface area contributed by atoms with E-state index in [4.69, 9.17) is 9.47 Å². The van der Waals surface area contributed by atoms with Crippen molar-refractivity contribution in [2.75, 3.05) is 46.5 Å². The third kappa shape index (κ3) is 6.42. The van der Waals surface area contributed by atoms with Crippen molar-refractivity contribution in [2.24, 2.45) is 0 Å². The summed E-state index contributed by atoms with van der Waals surface area (Å²) < 4.78 is 10.4. The lowest BCUT2D eigenvalue weighted by molar-refractivity contribution is -0.117. The first kappa shape index (κ1) is 21.0. The van der Waals surface area contributed by atoms with Crippen LogP contribution in [0.5, 0.6) is 5.75 Å². The smallest absolute Gasteiger partial charge is 0.267 e. The van der Waals surface area contributed by atoms with Gasteiger partial charge in [0.25, 0.3) is 11.8 Å². The number of rotatable bonds is 8. The molecule has 1 aliphatic rings. The molecule has 2 heterocycles. The molecule has 1 fully saturated rings. The summed E-state index contributed by atoms with van der Waals surface area (Å²) in [5.74, 6) is 0.00377. The molecule has 1 aromatic heterocycles. The standard InChI is InChI=1S/C21H25N3O4S/c1-27-17-6-4-16(5-7-17)20(25)23-19(15-18-3-2-14-29-18)21(26)22-8-9-24-10-12-28-13-11-24/h2-7,14-15H,8-13H2,1H3,(H,22,26)(H,23,25)/b19-15-. The summed E-state index contributed by atoms with van der Waals surface area (Å²) in [5, 5.41) is 7.56. The monoisotopic (exact) mass is 415 g/mol. The van der Waals surface area contributed by atoms with Crippen LogP contribution < -0.4 is 15.4 Å². The Hall–Kier alpha value is -2.68. The Balaban J connectivity index is 1.63. The van der Waals surface area contributed by atoms with Crippen LogP contribution in [0.1, 0.15) is 15.2 Å². The number of carbonyl (C=O) groups excluding carboxylic acids is 2. The van der Waals surface area contributed by atoms with E-state index in [1.54, 1.807) is 37.5 Å². The highest BCUT2D eigenvalue weighted by Gasteiger charge is 2.16. The van der Waals surface area contributed by atoms with Crippen LogP contribution in [0, 0.1) is 0 Å². The molecule has 7 nitrogen and oxygen atoms in total. The lowest BCUT2D eigenvalue weighted by Gasteiger charge is -2.26. The van der Waals surface area contributed by atoms with Gasteiger partial charge in [-0.25, -0.2) is 0 Å². The van der Waals surface area contributed by atoms with Crippen molar-refractivity contribution in [3.63, 3.8) is 0 Å². The van der Waals surface area contributed by atoms with Gasteiger partial charge in [0.05, 0.1) is 20.3 Å². The number of hydrogen-bond acceptors (Lipinski definition) is 6.